The second-order valence-electron chi connectivity index (χ2n) is 9.50. The van der Waals surface area contributed by atoms with Gasteiger partial charge in [-0.05, 0) is 41.0 Å². The predicted octanol–water partition coefficient (Wildman–Crippen LogP) is 7.20. The Bertz CT molecular complexity index is 1600. The molecule has 8 heteroatoms. The zero-order valence-corrected chi connectivity index (χ0v) is 21.4. The van der Waals surface area contributed by atoms with Crippen LogP contribution < -0.4 is 10.1 Å². The van der Waals surface area contributed by atoms with Crippen LogP contribution in [0.3, 0.4) is 0 Å². The maximum atomic E-state index is 13.2. The number of halogens is 3. The molecule has 4 aromatic carbocycles. The molecule has 5 rings (SSSR count). The molecule has 1 unspecified atom stereocenters. The average molecular weight is 545 g/mol. The van der Waals surface area contributed by atoms with Crippen molar-refractivity contribution >= 4 is 16.9 Å². The molecule has 0 radical (unpaired) electrons. The fraction of sp³-hybridized carbons (Fsp3) is 0.156. The van der Waals surface area contributed by atoms with Crippen LogP contribution in [0, 0.1) is 0 Å². The van der Waals surface area contributed by atoms with Crippen LogP contribution in [-0.2, 0) is 30.7 Å². The number of carboxylic acids is 1. The Kier molecular flexibility index (Phi) is 7.89. The number of ether oxygens (including phenoxy) is 1. The minimum Gasteiger partial charge on any atom is -0.489 e. The summed E-state index contributed by atoms with van der Waals surface area (Å²) in [5, 5.41) is 13.8. The number of hydrogen-bond acceptors (Lipinski definition) is 3. The Balaban J connectivity index is 1.48. The lowest BCUT2D eigenvalue weighted by atomic mass is 10.0. The molecule has 2 N–H and O–H groups in total. The summed E-state index contributed by atoms with van der Waals surface area (Å²) in [6.45, 7) is 0.806. The summed E-state index contributed by atoms with van der Waals surface area (Å²) in [6, 6.07) is 28.7. The number of aromatic nitrogens is 1. The Labute approximate surface area is 229 Å². The van der Waals surface area contributed by atoms with Crippen molar-refractivity contribution in [2.45, 2.75) is 31.9 Å². The van der Waals surface area contributed by atoms with Gasteiger partial charge in [0.15, 0.2) is 0 Å². The minimum atomic E-state index is -4.48. The normalized spacial score (nSPS) is 12.4. The molecule has 0 aliphatic heterocycles. The van der Waals surface area contributed by atoms with Crippen molar-refractivity contribution in [3.8, 4) is 5.75 Å². The van der Waals surface area contributed by atoms with Gasteiger partial charge in [-0.2, -0.15) is 13.2 Å². The van der Waals surface area contributed by atoms with Crippen molar-refractivity contribution in [1.82, 2.24) is 9.88 Å². The molecule has 5 nitrogen and oxygen atoms in total. The van der Waals surface area contributed by atoms with Gasteiger partial charge in [-0.25, -0.2) is 0 Å². The van der Waals surface area contributed by atoms with Crippen molar-refractivity contribution in [3.63, 3.8) is 0 Å². The number of rotatable bonds is 10. The van der Waals surface area contributed by atoms with Gasteiger partial charge in [0.2, 0.25) is 0 Å². The van der Waals surface area contributed by atoms with Crippen LogP contribution >= 0.6 is 0 Å². The number of nitrogens with zero attached hydrogens (tertiary/aromatic N) is 1. The minimum absolute atomic E-state index is 0.0591. The molecule has 0 amide bonds. The Hall–Kier alpha value is -4.56. The lowest BCUT2D eigenvalue weighted by molar-refractivity contribution is -0.140. The van der Waals surface area contributed by atoms with Crippen LogP contribution in [-0.4, -0.2) is 15.6 Å². The lowest BCUT2D eigenvalue weighted by Crippen LogP contribution is -2.28. The molecule has 0 spiro atoms. The number of fused-ring (bicyclic) bond motifs is 1. The van der Waals surface area contributed by atoms with E-state index in [0.717, 1.165) is 28.8 Å². The van der Waals surface area contributed by atoms with Gasteiger partial charge in [0, 0.05) is 35.8 Å². The highest BCUT2D eigenvalue weighted by atomic mass is 19.4. The molecule has 0 aliphatic rings. The van der Waals surface area contributed by atoms with E-state index in [9.17, 15) is 23.1 Å². The van der Waals surface area contributed by atoms with E-state index in [-0.39, 0.29) is 6.54 Å². The van der Waals surface area contributed by atoms with Crippen LogP contribution in [0.25, 0.3) is 10.9 Å². The van der Waals surface area contributed by atoms with Gasteiger partial charge in [-0.1, -0.05) is 78.9 Å². The van der Waals surface area contributed by atoms with E-state index >= 15 is 0 Å². The standard InChI is InChI=1S/C32H27F3N2O3/c33-32(34,35)25-13-7-12-24(16-25)18-36-30(31(38)39)28-20-37(19-22-8-3-1-4-9-22)29-15-14-26(17-27(28)29)40-21-23-10-5-2-6-11-23/h1-17,20,30,36H,18-19,21H2,(H,38,39). The van der Waals surface area contributed by atoms with E-state index in [2.05, 4.69) is 5.32 Å². The SMILES string of the molecule is O=C(O)C(NCc1cccc(C(F)(F)F)c1)c1cn(Cc2ccccc2)c2ccc(OCc3ccccc3)cc12. The third kappa shape index (κ3) is 6.35. The average Bonchev–Trinajstić information content (AvgIpc) is 3.29. The Morgan fingerprint density at radius 3 is 2.20 bits per heavy atom. The van der Waals surface area contributed by atoms with Gasteiger partial charge in [-0.3, -0.25) is 10.1 Å². The van der Waals surface area contributed by atoms with Crippen molar-refractivity contribution in [3.05, 3.63) is 137 Å². The van der Waals surface area contributed by atoms with E-state index in [0.29, 0.717) is 35.4 Å². The molecule has 0 bridgehead atoms. The van der Waals surface area contributed by atoms with E-state index in [4.69, 9.17) is 4.74 Å². The Morgan fingerprint density at radius 2 is 1.52 bits per heavy atom. The fourth-order valence-electron chi connectivity index (χ4n) is 4.68. The molecular weight excluding hydrogens is 517 g/mol. The van der Waals surface area contributed by atoms with Gasteiger partial charge >= 0.3 is 12.1 Å². The number of nitrogens with one attached hydrogen (secondary N) is 1. The molecule has 5 aromatic rings. The molecular formula is C32H27F3N2O3. The largest absolute Gasteiger partial charge is 0.489 e. The van der Waals surface area contributed by atoms with Crippen LogP contribution in [0.1, 0.15) is 33.9 Å². The van der Waals surface area contributed by atoms with Crippen LogP contribution in [0.4, 0.5) is 13.2 Å². The highest BCUT2D eigenvalue weighted by molar-refractivity contribution is 5.90. The molecule has 1 atom stereocenters. The number of benzene rings is 4. The lowest BCUT2D eigenvalue weighted by Gasteiger charge is -2.15. The highest BCUT2D eigenvalue weighted by Crippen LogP contribution is 2.32. The first-order valence-electron chi connectivity index (χ1n) is 12.7. The molecule has 0 saturated carbocycles. The fourth-order valence-corrected chi connectivity index (χ4v) is 4.68. The summed E-state index contributed by atoms with van der Waals surface area (Å²) < 4.78 is 47.6. The van der Waals surface area contributed by atoms with E-state index in [1.54, 1.807) is 6.20 Å². The molecule has 40 heavy (non-hydrogen) atoms. The quantitative estimate of drug-likeness (QED) is 0.195. The summed E-state index contributed by atoms with van der Waals surface area (Å²) in [6.07, 6.45) is -2.69. The molecule has 0 fully saturated rings. The highest BCUT2D eigenvalue weighted by Gasteiger charge is 2.30. The first-order chi connectivity index (χ1) is 19.3. The zero-order chi connectivity index (χ0) is 28.1. The second-order valence-corrected chi connectivity index (χ2v) is 9.50. The number of aliphatic carboxylic acids is 1. The van der Waals surface area contributed by atoms with Crippen LogP contribution in [0.15, 0.2) is 109 Å². The molecule has 0 aliphatic carbocycles. The van der Waals surface area contributed by atoms with E-state index in [1.807, 2.05) is 83.4 Å². The van der Waals surface area contributed by atoms with Crippen molar-refractivity contribution in [2.24, 2.45) is 0 Å². The monoisotopic (exact) mass is 544 g/mol. The number of carboxylic acid groups (broad SMARTS) is 1. The number of hydrogen-bond donors (Lipinski definition) is 2. The predicted molar refractivity (Wildman–Crippen MR) is 147 cm³/mol. The first-order valence-corrected chi connectivity index (χ1v) is 12.7. The molecule has 1 heterocycles. The summed E-state index contributed by atoms with van der Waals surface area (Å²) >= 11 is 0. The molecule has 0 saturated heterocycles. The van der Waals surface area contributed by atoms with Crippen LogP contribution in [0.5, 0.6) is 5.75 Å². The van der Waals surface area contributed by atoms with E-state index < -0.39 is 23.8 Å². The van der Waals surface area contributed by atoms with Crippen molar-refractivity contribution in [2.75, 3.05) is 0 Å². The van der Waals surface area contributed by atoms with Crippen molar-refractivity contribution in [1.29, 1.82) is 0 Å². The summed E-state index contributed by atoms with van der Waals surface area (Å²) in [4.78, 5) is 12.5. The smallest absolute Gasteiger partial charge is 0.416 e. The first kappa shape index (κ1) is 27.0. The number of alkyl halides is 3. The van der Waals surface area contributed by atoms with Gasteiger partial charge < -0.3 is 14.4 Å². The summed E-state index contributed by atoms with van der Waals surface area (Å²) in [5.41, 5.74) is 2.91. The molecule has 204 valence electrons. The third-order valence-corrected chi connectivity index (χ3v) is 6.65. The van der Waals surface area contributed by atoms with Gasteiger partial charge in [0.25, 0.3) is 0 Å². The Morgan fingerprint density at radius 1 is 0.850 bits per heavy atom. The van der Waals surface area contributed by atoms with Gasteiger partial charge in [0.05, 0.1) is 5.56 Å². The van der Waals surface area contributed by atoms with Gasteiger partial charge in [-0.15, -0.1) is 0 Å². The second kappa shape index (κ2) is 11.7. The summed E-state index contributed by atoms with van der Waals surface area (Å²) in [7, 11) is 0. The topological polar surface area (TPSA) is 63.5 Å². The third-order valence-electron chi connectivity index (χ3n) is 6.65. The maximum Gasteiger partial charge on any atom is 0.416 e. The van der Waals surface area contributed by atoms with Crippen LogP contribution in [0.2, 0.25) is 0 Å². The van der Waals surface area contributed by atoms with Gasteiger partial charge in [0.1, 0.15) is 18.4 Å². The van der Waals surface area contributed by atoms with E-state index in [1.165, 1.54) is 12.1 Å². The summed E-state index contributed by atoms with van der Waals surface area (Å²) in [5.74, 6) is -0.557. The maximum absolute atomic E-state index is 13.2. The zero-order valence-electron chi connectivity index (χ0n) is 21.4. The van der Waals surface area contributed by atoms with Crippen molar-refractivity contribution < 1.29 is 27.8 Å². The number of carbonyl (C=O) groups is 1. The molecule has 1 aromatic heterocycles.